The van der Waals surface area contributed by atoms with Gasteiger partial charge in [-0.15, -0.1) is 5.10 Å². The van der Waals surface area contributed by atoms with E-state index in [1.807, 2.05) is 62.3 Å². The number of carbonyl (C=O) groups is 1. The van der Waals surface area contributed by atoms with Gasteiger partial charge in [-0.3, -0.25) is 4.79 Å². The molecule has 0 unspecified atom stereocenters. The molecule has 37 heavy (non-hydrogen) atoms. The summed E-state index contributed by atoms with van der Waals surface area (Å²) in [6.45, 7) is 7.62. The maximum absolute atomic E-state index is 13.0. The Labute approximate surface area is 219 Å². The van der Waals surface area contributed by atoms with E-state index in [-0.39, 0.29) is 5.91 Å². The SMILES string of the molecule is CN1CCC(N(C)C(=O)c2ccc(Nc3nc4c(N5CCC(C(C)(C)O)CC5)cccn4n3)cc2)CC1. The van der Waals surface area contributed by atoms with E-state index >= 15 is 0 Å². The number of nitrogens with one attached hydrogen (secondary N) is 1. The summed E-state index contributed by atoms with van der Waals surface area (Å²) in [6, 6.07) is 11.9. The molecule has 0 bridgehead atoms. The molecular formula is C28H39N7O2. The van der Waals surface area contributed by atoms with Gasteiger partial charge in [-0.2, -0.15) is 4.98 Å². The topological polar surface area (TPSA) is 89.2 Å². The highest BCUT2D eigenvalue weighted by Gasteiger charge is 2.31. The second-order valence-electron chi connectivity index (χ2n) is 11.2. The van der Waals surface area contributed by atoms with E-state index in [1.165, 1.54) is 0 Å². The van der Waals surface area contributed by atoms with E-state index in [9.17, 15) is 9.90 Å². The summed E-state index contributed by atoms with van der Waals surface area (Å²) >= 11 is 0. The average molecular weight is 506 g/mol. The lowest BCUT2D eigenvalue weighted by atomic mass is 9.83. The number of amides is 1. The van der Waals surface area contributed by atoms with Crippen LogP contribution in [0, 0.1) is 5.92 Å². The Bertz CT molecular complexity index is 1220. The van der Waals surface area contributed by atoms with Gasteiger partial charge in [0.15, 0.2) is 5.65 Å². The van der Waals surface area contributed by atoms with Crippen LogP contribution in [0.1, 0.15) is 49.9 Å². The minimum absolute atomic E-state index is 0.0601. The van der Waals surface area contributed by atoms with Crippen LogP contribution in [0.5, 0.6) is 0 Å². The highest BCUT2D eigenvalue weighted by Crippen LogP contribution is 2.32. The first-order valence-corrected chi connectivity index (χ1v) is 13.3. The van der Waals surface area contributed by atoms with Gasteiger partial charge < -0.3 is 25.1 Å². The Morgan fingerprint density at radius 2 is 1.73 bits per heavy atom. The minimum atomic E-state index is -0.646. The van der Waals surface area contributed by atoms with E-state index in [0.29, 0.717) is 23.5 Å². The van der Waals surface area contributed by atoms with Gasteiger partial charge in [-0.1, -0.05) is 0 Å². The first-order chi connectivity index (χ1) is 17.7. The molecule has 2 saturated heterocycles. The zero-order valence-corrected chi connectivity index (χ0v) is 22.4. The van der Waals surface area contributed by atoms with Crippen LogP contribution in [0.4, 0.5) is 17.3 Å². The van der Waals surface area contributed by atoms with E-state index in [1.54, 1.807) is 4.52 Å². The highest BCUT2D eigenvalue weighted by atomic mass is 16.3. The van der Waals surface area contributed by atoms with Gasteiger partial charge in [0.25, 0.3) is 5.91 Å². The lowest BCUT2D eigenvalue weighted by Gasteiger charge is -2.38. The van der Waals surface area contributed by atoms with Gasteiger partial charge in [0.05, 0.1) is 11.3 Å². The van der Waals surface area contributed by atoms with Gasteiger partial charge in [0.2, 0.25) is 5.95 Å². The first-order valence-electron chi connectivity index (χ1n) is 13.3. The van der Waals surface area contributed by atoms with Crippen molar-refractivity contribution >= 4 is 28.9 Å². The molecule has 4 heterocycles. The van der Waals surface area contributed by atoms with Crippen LogP contribution < -0.4 is 10.2 Å². The molecule has 2 aliphatic rings. The average Bonchev–Trinajstić information content (AvgIpc) is 3.31. The maximum Gasteiger partial charge on any atom is 0.253 e. The van der Waals surface area contributed by atoms with Crippen molar-refractivity contribution < 1.29 is 9.90 Å². The number of rotatable bonds is 6. The standard InChI is InChI=1S/C28H39N7O2/c1-28(2,37)21-11-18-34(19-12-21)24-6-5-15-35-25(24)30-27(31-35)29-22-9-7-20(8-10-22)26(36)33(4)23-13-16-32(3)17-14-23/h5-10,15,21,23,37H,11-14,16-19H2,1-4H3,(H,29,31). The molecule has 2 N–H and O–H groups in total. The number of benzene rings is 1. The number of piperidine rings is 2. The molecule has 1 amide bonds. The summed E-state index contributed by atoms with van der Waals surface area (Å²) in [6.07, 6.45) is 5.82. The molecule has 0 atom stereocenters. The van der Waals surface area contributed by atoms with Crippen molar-refractivity contribution in [2.75, 3.05) is 50.5 Å². The van der Waals surface area contributed by atoms with Crippen LogP contribution in [0.15, 0.2) is 42.6 Å². The van der Waals surface area contributed by atoms with E-state index < -0.39 is 5.60 Å². The summed E-state index contributed by atoms with van der Waals surface area (Å²) < 4.78 is 1.80. The highest BCUT2D eigenvalue weighted by molar-refractivity contribution is 5.94. The second-order valence-corrected chi connectivity index (χ2v) is 11.2. The molecule has 2 aliphatic heterocycles. The van der Waals surface area contributed by atoms with Crippen molar-refractivity contribution in [1.29, 1.82) is 0 Å². The second kappa shape index (κ2) is 10.3. The summed E-state index contributed by atoms with van der Waals surface area (Å²) in [5, 5.41) is 18.3. The maximum atomic E-state index is 13.0. The van der Waals surface area contributed by atoms with Gasteiger partial charge >= 0.3 is 0 Å². The Balaban J connectivity index is 1.25. The van der Waals surface area contributed by atoms with Gasteiger partial charge in [0, 0.05) is 43.6 Å². The van der Waals surface area contributed by atoms with Crippen LogP contribution >= 0.6 is 0 Å². The summed E-state index contributed by atoms with van der Waals surface area (Å²) in [5.74, 6) is 0.879. The monoisotopic (exact) mass is 505 g/mol. The number of nitrogens with zero attached hydrogens (tertiary/aromatic N) is 6. The fourth-order valence-electron chi connectivity index (χ4n) is 5.60. The van der Waals surface area contributed by atoms with Gasteiger partial charge in [0.1, 0.15) is 0 Å². The van der Waals surface area contributed by atoms with Gasteiger partial charge in [-0.05, 0) is 102 Å². The van der Waals surface area contributed by atoms with E-state index in [4.69, 9.17) is 4.98 Å². The zero-order chi connectivity index (χ0) is 26.2. The van der Waals surface area contributed by atoms with Crippen LogP contribution in [0.2, 0.25) is 0 Å². The molecule has 0 spiro atoms. The smallest absolute Gasteiger partial charge is 0.253 e. The summed E-state index contributed by atoms with van der Waals surface area (Å²) in [7, 11) is 4.04. The van der Waals surface area contributed by atoms with Crippen LogP contribution in [0.25, 0.3) is 5.65 Å². The minimum Gasteiger partial charge on any atom is -0.390 e. The summed E-state index contributed by atoms with van der Waals surface area (Å²) in [5.41, 5.74) is 2.73. The van der Waals surface area contributed by atoms with Crippen molar-refractivity contribution in [3.8, 4) is 0 Å². The third-order valence-electron chi connectivity index (χ3n) is 8.12. The number of pyridine rings is 1. The third kappa shape index (κ3) is 5.57. The molecule has 5 rings (SSSR count). The number of hydrogen-bond acceptors (Lipinski definition) is 7. The van der Waals surface area contributed by atoms with Crippen LogP contribution in [0.3, 0.4) is 0 Å². The molecule has 3 aromatic rings. The molecule has 0 saturated carbocycles. The normalized spacial score (nSPS) is 18.4. The van der Waals surface area contributed by atoms with Crippen molar-refractivity contribution in [1.82, 2.24) is 24.4 Å². The lowest BCUT2D eigenvalue weighted by Crippen LogP contribution is -2.44. The number of aliphatic hydroxyl groups is 1. The van der Waals surface area contributed by atoms with Crippen molar-refractivity contribution in [3.63, 3.8) is 0 Å². The predicted molar refractivity (Wildman–Crippen MR) is 147 cm³/mol. The number of carbonyl (C=O) groups excluding carboxylic acids is 1. The molecular weight excluding hydrogens is 466 g/mol. The Morgan fingerprint density at radius 1 is 1.05 bits per heavy atom. The molecule has 1 aromatic carbocycles. The number of aromatic nitrogens is 3. The molecule has 2 aromatic heterocycles. The number of fused-ring (bicyclic) bond motifs is 1. The number of hydrogen-bond donors (Lipinski definition) is 2. The Morgan fingerprint density at radius 3 is 2.38 bits per heavy atom. The number of anilines is 3. The first kappa shape index (κ1) is 25.5. The van der Waals surface area contributed by atoms with Crippen molar-refractivity contribution in [3.05, 3.63) is 48.2 Å². The molecule has 0 radical (unpaired) electrons. The van der Waals surface area contributed by atoms with Gasteiger partial charge in [-0.25, -0.2) is 4.52 Å². The van der Waals surface area contributed by atoms with Crippen LogP contribution in [-0.2, 0) is 0 Å². The largest absolute Gasteiger partial charge is 0.390 e. The van der Waals surface area contributed by atoms with E-state index in [0.717, 1.165) is 68.9 Å². The van der Waals surface area contributed by atoms with Crippen LogP contribution in [-0.4, -0.2) is 87.3 Å². The van der Waals surface area contributed by atoms with Crippen molar-refractivity contribution in [2.24, 2.45) is 5.92 Å². The van der Waals surface area contributed by atoms with Crippen molar-refractivity contribution in [2.45, 2.75) is 51.2 Å². The third-order valence-corrected chi connectivity index (χ3v) is 8.12. The fraction of sp³-hybridized carbons (Fsp3) is 0.536. The molecule has 2 fully saturated rings. The number of likely N-dealkylation sites (tertiary alicyclic amines) is 1. The Hall–Kier alpha value is -3.17. The van der Waals surface area contributed by atoms with E-state index in [2.05, 4.69) is 33.3 Å². The quantitative estimate of drug-likeness (QED) is 0.529. The molecule has 0 aliphatic carbocycles. The fourth-order valence-corrected chi connectivity index (χ4v) is 5.60. The molecule has 9 heteroatoms. The molecule has 9 nitrogen and oxygen atoms in total. The lowest BCUT2D eigenvalue weighted by molar-refractivity contribution is 0.00652. The predicted octanol–water partition coefficient (Wildman–Crippen LogP) is 3.63. The zero-order valence-electron chi connectivity index (χ0n) is 22.4. The molecule has 198 valence electrons. The Kier molecular flexibility index (Phi) is 7.09. The summed E-state index contributed by atoms with van der Waals surface area (Å²) in [4.78, 5) is 24.3.